The van der Waals surface area contributed by atoms with Gasteiger partial charge in [-0.25, -0.2) is 4.39 Å². The minimum Gasteiger partial charge on any atom is -0.343 e. The van der Waals surface area contributed by atoms with Crippen molar-refractivity contribution < 1.29 is 13.7 Å². The largest absolute Gasteiger partial charge is 0.343 e. The van der Waals surface area contributed by atoms with E-state index < -0.39 is 5.82 Å². The first kappa shape index (κ1) is 15.7. The highest BCUT2D eigenvalue weighted by molar-refractivity contribution is 6.05. The number of aromatic nitrogens is 3. The van der Waals surface area contributed by atoms with Crippen molar-refractivity contribution in [1.82, 2.24) is 20.0 Å². The number of carbonyl (C=O) groups is 1. The molecule has 4 rings (SSSR count). The van der Waals surface area contributed by atoms with E-state index in [1.807, 2.05) is 0 Å². The summed E-state index contributed by atoms with van der Waals surface area (Å²) in [7, 11) is 0. The highest BCUT2D eigenvalue weighted by Gasteiger charge is 2.31. The second kappa shape index (κ2) is 6.58. The van der Waals surface area contributed by atoms with Gasteiger partial charge in [0, 0.05) is 18.1 Å². The van der Waals surface area contributed by atoms with Crippen LogP contribution in [-0.4, -0.2) is 32.5 Å². The van der Waals surface area contributed by atoms with Gasteiger partial charge in [0.05, 0.1) is 17.1 Å². The van der Waals surface area contributed by atoms with Crippen LogP contribution in [0.25, 0.3) is 10.9 Å². The molecule has 0 bridgehead atoms. The van der Waals surface area contributed by atoms with Crippen LogP contribution in [0, 0.1) is 5.82 Å². The summed E-state index contributed by atoms with van der Waals surface area (Å²) in [5.41, 5.74) is 0.774. The van der Waals surface area contributed by atoms with Gasteiger partial charge in [-0.2, -0.15) is 4.98 Å². The molecule has 7 heteroatoms. The van der Waals surface area contributed by atoms with Crippen LogP contribution in [0.3, 0.4) is 0 Å². The Morgan fingerprint density at radius 2 is 2.16 bits per heavy atom. The monoisotopic (exact) mass is 340 g/mol. The zero-order valence-electron chi connectivity index (χ0n) is 13.6. The molecule has 1 atom stereocenters. The fourth-order valence-corrected chi connectivity index (χ4v) is 3.42. The van der Waals surface area contributed by atoms with E-state index in [1.165, 1.54) is 18.5 Å². The molecule has 2 aromatic heterocycles. The van der Waals surface area contributed by atoms with E-state index in [9.17, 15) is 9.18 Å². The van der Waals surface area contributed by atoms with Crippen LogP contribution in [-0.2, 0) is 0 Å². The summed E-state index contributed by atoms with van der Waals surface area (Å²) in [6.45, 7) is 0.572. The van der Waals surface area contributed by atoms with Gasteiger partial charge >= 0.3 is 0 Å². The smallest absolute Gasteiger partial charge is 0.256 e. The molecule has 0 saturated carbocycles. The highest BCUT2D eigenvalue weighted by atomic mass is 19.1. The van der Waals surface area contributed by atoms with E-state index in [-0.39, 0.29) is 17.5 Å². The van der Waals surface area contributed by atoms with E-state index in [4.69, 9.17) is 4.52 Å². The van der Waals surface area contributed by atoms with E-state index >= 15 is 0 Å². The van der Waals surface area contributed by atoms with Gasteiger partial charge in [0.25, 0.3) is 5.91 Å². The number of nitrogens with zero attached hydrogens (tertiary/aromatic N) is 4. The summed E-state index contributed by atoms with van der Waals surface area (Å²) < 4.78 is 18.9. The molecule has 3 aromatic rings. The molecule has 0 radical (unpaired) electrons. The molecule has 3 heterocycles. The standard InChI is InChI=1S/C18H17FN4O2/c19-13-9-12-5-4-7-20-16(12)14(10-13)18(24)23-8-3-1-2-6-15(23)17-21-11-25-22-17/h4-5,7,9-11,15H,1-3,6,8H2/t15-/m0/s1. The lowest BCUT2D eigenvalue weighted by atomic mass is 10.1. The van der Waals surface area contributed by atoms with Crippen molar-refractivity contribution >= 4 is 16.8 Å². The molecule has 1 amide bonds. The molecule has 0 aliphatic carbocycles. The summed E-state index contributed by atoms with van der Waals surface area (Å²) >= 11 is 0. The van der Waals surface area contributed by atoms with Crippen LogP contribution in [0.1, 0.15) is 47.9 Å². The molecular weight excluding hydrogens is 323 g/mol. The number of amides is 1. The van der Waals surface area contributed by atoms with Crippen LogP contribution in [0.4, 0.5) is 4.39 Å². The maximum atomic E-state index is 14.0. The number of benzene rings is 1. The normalized spacial score (nSPS) is 18.3. The Kier molecular flexibility index (Phi) is 4.13. The zero-order valence-corrected chi connectivity index (χ0v) is 13.6. The second-order valence-electron chi connectivity index (χ2n) is 6.18. The van der Waals surface area contributed by atoms with Crippen molar-refractivity contribution in [3.63, 3.8) is 0 Å². The molecule has 25 heavy (non-hydrogen) atoms. The first-order valence-corrected chi connectivity index (χ1v) is 8.35. The number of fused-ring (bicyclic) bond motifs is 1. The van der Waals surface area contributed by atoms with Gasteiger partial charge in [-0.1, -0.05) is 24.1 Å². The average molecular weight is 340 g/mol. The number of rotatable bonds is 2. The Balaban J connectivity index is 1.78. The lowest BCUT2D eigenvalue weighted by molar-refractivity contribution is 0.0671. The molecule has 1 fully saturated rings. The van der Waals surface area contributed by atoms with Crippen LogP contribution < -0.4 is 0 Å². The molecule has 1 aliphatic rings. The average Bonchev–Trinajstić information content (AvgIpc) is 3.05. The number of hydrogen-bond donors (Lipinski definition) is 0. The summed E-state index contributed by atoms with van der Waals surface area (Å²) in [6.07, 6.45) is 6.52. The number of halogens is 1. The van der Waals surface area contributed by atoms with E-state index in [0.29, 0.717) is 23.3 Å². The second-order valence-corrected chi connectivity index (χ2v) is 6.18. The third-order valence-electron chi connectivity index (χ3n) is 4.59. The fourth-order valence-electron chi connectivity index (χ4n) is 3.42. The number of likely N-dealkylation sites (tertiary alicyclic amines) is 1. The van der Waals surface area contributed by atoms with Gasteiger partial charge < -0.3 is 9.42 Å². The minimum atomic E-state index is -0.449. The minimum absolute atomic E-state index is 0.250. The van der Waals surface area contributed by atoms with Crippen molar-refractivity contribution in [3.05, 3.63) is 54.1 Å². The molecule has 1 aromatic carbocycles. The van der Waals surface area contributed by atoms with Crippen LogP contribution in [0.5, 0.6) is 0 Å². The quantitative estimate of drug-likeness (QED) is 0.714. The predicted octanol–water partition coefficient (Wildman–Crippen LogP) is 3.51. The zero-order chi connectivity index (χ0) is 17.2. The highest BCUT2D eigenvalue weighted by Crippen LogP contribution is 2.31. The van der Waals surface area contributed by atoms with Crippen LogP contribution in [0.2, 0.25) is 0 Å². The molecule has 1 aliphatic heterocycles. The predicted molar refractivity (Wildman–Crippen MR) is 88.2 cm³/mol. The maximum Gasteiger partial charge on any atom is 0.256 e. The van der Waals surface area contributed by atoms with E-state index in [2.05, 4.69) is 15.1 Å². The van der Waals surface area contributed by atoms with Crippen molar-refractivity contribution in [2.24, 2.45) is 0 Å². The third-order valence-corrected chi connectivity index (χ3v) is 4.59. The lowest BCUT2D eigenvalue weighted by Gasteiger charge is -2.28. The summed E-state index contributed by atoms with van der Waals surface area (Å²) in [5.74, 6) is -0.210. The van der Waals surface area contributed by atoms with Gasteiger partial charge in [-0.05, 0) is 31.0 Å². The molecule has 0 N–H and O–H groups in total. The Labute approximate surface area is 143 Å². The molecule has 0 unspecified atom stereocenters. The molecular formula is C18H17FN4O2. The van der Waals surface area contributed by atoms with Crippen molar-refractivity contribution in [2.45, 2.75) is 31.7 Å². The third kappa shape index (κ3) is 2.97. The summed E-state index contributed by atoms with van der Waals surface area (Å²) in [5, 5.41) is 4.53. The van der Waals surface area contributed by atoms with Gasteiger partial charge in [0.2, 0.25) is 6.39 Å². The van der Waals surface area contributed by atoms with Gasteiger partial charge in [0.1, 0.15) is 5.82 Å². The Hall–Kier alpha value is -2.83. The fraction of sp³-hybridized carbons (Fsp3) is 0.333. The van der Waals surface area contributed by atoms with E-state index in [1.54, 1.807) is 23.2 Å². The lowest BCUT2D eigenvalue weighted by Crippen LogP contribution is -2.35. The number of pyridine rings is 1. The first-order valence-electron chi connectivity index (χ1n) is 8.35. The molecule has 6 nitrogen and oxygen atoms in total. The maximum absolute atomic E-state index is 14.0. The summed E-state index contributed by atoms with van der Waals surface area (Å²) in [4.78, 5) is 23.4. The Bertz CT molecular complexity index is 897. The SMILES string of the molecule is O=C(c1cc(F)cc2cccnc12)N1CCCCC[C@H]1c1ncon1. The Morgan fingerprint density at radius 3 is 3.00 bits per heavy atom. The number of hydrogen-bond acceptors (Lipinski definition) is 5. The topological polar surface area (TPSA) is 72.1 Å². The van der Waals surface area contributed by atoms with Crippen molar-refractivity contribution in [3.8, 4) is 0 Å². The van der Waals surface area contributed by atoms with Gasteiger partial charge in [0.15, 0.2) is 5.82 Å². The summed E-state index contributed by atoms with van der Waals surface area (Å²) in [6, 6.07) is 5.86. The van der Waals surface area contributed by atoms with Crippen molar-refractivity contribution in [2.75, 3.05) is 6.54 Å². The molecule has 0 spiro atoms. The van der Waals surface area contributed by atoms with Crippen LogP contribution in [0.15, 0.2) is 41.4 Å². The van der Waals surface area contributed by atoms with Crippen molar-refractivity contribution in [1.29, 1.82) is 0 Å². The molecule has 128 valence electrons. The van der Waals surface area contributed by atoms with Gasteiger partial charge in [-0.15, -0.1) is 0 Å². The van der Waals surface area contributed by atoms with E-state index in [0.717, 1.165) is 25.7 Å². The van der Waals surface area contributed by atoms with Crippen LogP contribution >= 0.6 is 0 Å². The Morgan fingerprint density at radius 1 is 1.24 bits per heavy atom. The first-order chi connectivity index (χ1) is 12.2. The van der Waals surface area contributed by atoms with Gasteiger partial charge in [-0.3, -0.25) is 9.78 Å². The number of carbonyl (C=O) groups excluding carboxylic acids is 1. The molecule has 1 saturated heterocycles.